The third kappa shape index (κ3) is 2.14. The second kappa shape index (κ2) is 5.27. The molecule has 0 aromatic heterocycles. The molecule has 4 rings (SSSR count). The Morgan fingerprint density at radius 1 is 0.857 bits per heavy atom. The van der Waals surface area contributed by atoms with Gasteiger partial charge in [-0.15, -0.1) is 0 Å². The molecule has 0 aromatic carbocycles. The molecule has 4 aliphatic carbocycles. The lowest BCUT2D eigenvalue weighted by Gasteiger charge is -2.56. The van der Waals surface area contributed by atoms with Crippen LogP contribution in [0, 0.1) is 46.8 Å². The molecule has 4 aliphatic rings. The highest BCUT2D eigenvalue weighted by atomic mass is 14.6. The maximum atomic E-state index is 2.68. The van der Waals surface area contributed by atoms with Crippen molar-refractivity contribution >= 4 is 0 Å². The molecule has 8 unspecified atom stereocenters. The Hall–Kier alpha value is 0. The van der Waals surface area contributed by atoms with Crippen molar-refractivity contribution in [2.75, 3.05) is 0 Å². The molecule has 21 heavy (non-hydrogen) atoms. The first kappa shape index (κ1) is 14.6. The lowest BCUT2D eigenvalue weighted by molar-refractivity contribution is -0.0673. The van der Waals surface area contributed by atoms with E-state index in [2.05, 4.69) is 20.8 Å². The van der Waals surface area contributed by atoms with Gasteiger partial charge in [0.15, 0.2) is 0 Å². The van der Waals surface area contributed by atoms with Gasteiger partial charge >= 0.3 is 0 Å². The van der Waals surface area contributed by atoms with Crippen LogP contribution in [0.3, 0.4) is 0 Å². The number of hydrogen-bond acceptors (Lipinski definition) is 0. The molecule has 0 nitrogen and oxygen atoms in total. The molecule has 0 spiro atoms. The van der Waals surface area contributed by atoms with E-state index in [9.17, 15) is 0 Å². The van der Waals surface area contributed by atoms with E-state index in [1.165, 1.54) is 12.8 Å². The standard InChI is InChI=1S/C21H36/c1-4-16-7-10-20-19-9-6-15-13-14(2)5-8-17(15)18(19)11-12-21(16,20)3/h14-20H,4-13H2,1-3H3. The molecule has 4 fully saturated rings. The fourth-order valence-corrected chi connectivity index (χ4v) is 7.87. The molecule has 0 saturated heterocycles. The molecule has 120 valence electrons. The van der Waals surface area contributed by atoms with Crippen molar-refractivity contribution in [3.05, 3.63) is 0 Å². The van der Waals surface area contributed by atoms with Crippen molar-refractivity contribution in [1.29, 1.82) is 0 Å². The maximum absolute atomic E-state index is 2.68. The van der Waals surface area contributed by atoms with Crippen molar-refractivity contribution in [1.82, 2.24) is 0 Å². The number of fused-ring (bicyclic) bond motifs is 5. The molecule has 0 amide bonds. The highest BCUT2D eigenvalue weighted by Gasteiger charge is 2.56. The summed E-state index contributed by atoms with van der Waals surface area (Å²) in [5.74, 6) is 7.66. The van der Waals surface area contributed by atoms with E-state index in [0.29, 0.717) is 0 Å². The van der Waals surface area contributed by atoms with Gasteiger partial charge in [-0.3, -0.25) is 0 Å². The SMILES string of the molecule is CCC1CCC2C3CCC4CC(C)CCC4C3CCC12C. The van der Waals surface area contributed by atoms with Crippen molar-refractivity contribution < 1.29 is 0 Å². The Kier molecular flexibility index (Phi) is 3.66. The van der Waals surface area contributed by atoms with Crippen LogP contribution in [-0.2, 0) is 0 Å². The summed E-state index contributed by atoms with van der Waals surface area (Å²) in [5.41, 5.74) is 0.727. The predicted octanol–water partition coefficient (Wildman–Crippen LogP) is 6.30. The van der Waals surface area contributed by atoms with Crippen LogP contribution in [0.4, 0.5) is 0 Å². The van der Waals surface area contributed by atoms with Crippen LogP contribution in [0.15, 0.2) is 0 Å². The van der Waals surface area contributed by atoms with Gasteiger partial charge in [-0.2, -0.15) is 0 Å². The Labute approximate surface area is 132 Å². The van der Waals surface area contributed by atoms with Gasteiger partial charge in [-0.1, -0.05) is 33.6 Å². The van der Waals surface area contributed by atoms with E-state index < -0.39 is 0 Å². The van der Waals surface area contributed by atoms with Crippen molar-refractivity contribution in [2.45, 2.75) is 85.0 Å². The fourth-order valence-electron chi connectivity index (χ4n) is 7.87. The molecule has 0 bridgehead atoms. The summed E-state index contributed by atoms with van der Waals surface area (Å²) < 4.78 is 0. The van der Waals surface area contributed by atoms with Crippen LogP contribution < -0.4 is 0 Å². The molecule has 0 heterocycles. The van der Waals surface area contributed by atoms with Crippen LogP contribution in [0.2, 0.25) is 0 Å². The first-order valence-corrected chi connectivity index (χ1v) is 10.1. The molecule has 0 heteroatoms. The van der Waals surface area contributed by atoms with Gasteiger partial charge in [0.05, 0.1) is 0 Å². The topological polar surface area (TPSA) is 0 Å². The average molecular weight is 289 g/mol. The van der Waals surface area contributed by atoms with E-state index in [-0.39, 0.29) is 0 Å². The summed E-state index contributed by atoms with van der Waals surface area (Å²) in [6.07, 6.45) is 15.6. The first-order valence-electron chi connectivity index (χ1n) is 10.1. The molecular formula is C21H36. The Morgan fingerprint density at radius 3 is 2.48 bits per heavy atom. The van der Waals surface area contributed by atoms with Crippen LogP contribution in [0.1, 0.15) is 85.0 Å². The van der Waals surface area contributed by atoms with Crippen LogP contribution in [-0.4, -0.2) is 0 Å². The quantitative estimate of drug-likeness (QED) is 0.531. The second-order valence-corrected chi connectivity index (χ2v) is 9.58. The summed E-state index contributed by atoms with van der Waals surface area (Å²) in [5, 5.41) is 0. The molecule has 0 radical (unpaired) electrons. The van der Waals surface area contributed by atoms with Gasteiger partial charge < -0.3 is 0 Å². The number of hydrogen-bond donors (Lipinski definition) is 0. The zero-order chi connectivity index (χ0) is 14.6. The Bertz CT molecular complexity index is 385. The third-order valence-electron chi connectivity index (χ3n) is 8.91. The summed E-state index contributed by atoms with van der Waals surface area (Å²) >= 11 is 0. The van der Waals surface area contributed by atoms with Crippen LogP contribution >= 0.6 is 0 Å². The minimum Gasteiger partial charge on any atom is -0.0651 e. The normalized spacial score (nSPS) is 56.4. The largest absolute Gasteiger partial charge is 0.0651 e. The van der Waals surface area contributed by atoms with Crippen molar-refractivity contribution in [3.63, 3.8) is 0 Å². The molecule has 8 atom stereocenters. The Morgan fingerprint density at radius 2 is 1.67 bits per heavy atom. The Balaban J connectivity index is 1.55. The fraction of sp³-hybridized carbons (Fsp3) is 1.00. The summed E-state index contributed by atoms with van der Waals surface area (Å²) in [7, 11) is 0. The first-order chi connectivity index (χ1) is 10.1. The monoisotopic (exact) mass is 288 g/mol. The van der Waals surface area contributed by atoms with Gasteiger partial charge in [-0.25, -0.2) is 0 Å². The minimum absolute atomic E-state index is 0.727. The minimum atomic E-state index is 0.727. The summed E-state index contributed by atoms with van der Waals surface area (Å²) in [6.45, 7) is 7.64. The highest BCUT2D eigenvalue weighted by molar-refractivity contribution is 5.05. The van der Waals surface area contributed by atoms with Crippen molar-refractivity contribution in [3.8, 4) is 0 Å². The van der Waals surface area contributed by atoms with E-state index in [4.69, 9.17) is 0 Å². The third-order valence-corrected chi connectivity index (χ3v) is 8.91. The predicted molar refractivity (Wildman–Crippen MR) is 90.1 cm³/mol. The molecule has 0 N–H and O–H groups in total. The molecular weight excluding hydrogens is 252 g/mol. The second-order valence-electron chi connectivity index (χ2n) is 9.58. The number of rotatable bonds is 1. The lowest BCUT2D eigenvalue weighted by atomic mass is 9.49. The average Bonchev–Trinajstić information content (AvgIpc) is 2.83. The zero-order valence-corrected chi connectivity index (χ0v) is 14.6. The van der Waals surface area contributed by atoms with Gasteiger partial charge in [0.2, 0.25) is 0 Å². The molecule has 0 aliphatic heterocycles. The van der Waals surface area contributed by atoms with Crippen LogP contribution in [0.25, 0.3) is 0 Å². The van der Waals surface area contributed by atoms with E-state index in [1.54, 1.807) is 51.4 Å². The van der Waals surface area contributed by atoms with E-state index in [1.807, 2.05) is 0 Å². The van der Waals surface area contributed by atoms with Gasteiger partial charge in [0, 0.05) is 0 Å². The lowest BCUT2D eigenvalue weighted by Crippen LogP contribution is -2.48. The maximum Gasteiger partial charge on any atom is -0.0266 e. The van der Waals surface area contributed by atoms with Gasteiger partial charge in [-0.05, 0) is 98.2 Å². The smallest absolute Gasteiger partial charge is 0.0266 e. The van der Waals surface area contributed by atoms with Crippen molar-refractivity contribution in [2.24, 2.45) is 46.8 Å². The molecule has 4 saturated carbocycles. The van der Waals surface area contributed by atoms with E-state index >= 15 is 0 Å². The van der Waals surface area contributed by atoms with Gasteiger partial charge in [0.25, 0.3) is 0 Å². The summed E-state index contributed by atoms with van der Waals surface area (Å²) in [4.78, 5) is 0. The zero-order valence-electron chi connectivity index (χ0n) is 14.6. The van der Waals surface area contributed by atoms with Gasteiger partial charge in [0.1, 0.15) is 0 Å². The summed E-state index contributed by atoms with van der Waals surface area (Å²) in [6, 6.07) is 0. The van der Waals surface area contributed by atoms with Crippen LogP contribution in [0.5, 0.6) is 0 Å². The van der Waals surface area contributed by atoms with E-state index in [0.717, 1.165) is 46.8 Å². The molecule has 0 aromatic rings. The highest BCUT2D eigenvalue weighted by Crippen LogP contribution is 2.64.